The van der Waals surface area contributed by atoms with Crippen molar-refractivity contribution >= 4 is 35.6 Å². The fourth-order valence-electron chi connectivity index (χ4n) is 4.22. The highest BCUT2D eigenvalue weighted by atomic mass is 127. The summed E-state index contributed by atoms with van der Waals surface area (Å²) in [4.78, 5) is 9.78. The maximum Gasteiger partial charge on any atom is 0.194 e. The quantitative estimate of drug-likeness (QED) is 0.333. The summed E-state index contributed by atoms with van der Waals surface area (Å²) >= 11 is 0. The smallest absolute Gasteiger partial charge is 0.194 e. The van der Waals surface area contributed by atoms with Gasteiger partial charge in [0.1, 0.15) is 11.9 Å². The van der Waals surface area contributed by atoms with Crippen molar-refractivity contribution in [3.8, 4) is 5.75 Å². The van der Waals surface area contributed by atoms with Crippen LogP contribution < -0.4 is 15.0 Å². The lowest BCUT2D eigenvalue weighted by Gasteiger charge is -2.34. The molecule has 0 radical (unpaired) electrons. The molecule has 0 aromatic heterocycles. The van der Waals surface area contributed by atoms with Crippen molar-refractivity contribution < 1.29 is 9.47 Å². The van der Waals surface area contributed by atoms with Crippen molar-refractivity contribution in [2.75, 3.05) is 50.8 Å². The number of para-hydroxylation sites is 2. The molecule has 0 atom stereocenters. The molecule has 2 heterocycles. The van der Waals surface area contributed by atoms with Gasteiger partial charge in [0.25, 0.3) is 0 Å². The summed E-state index contributed by atoms with van der Waals surface area (Å²) in [5, 5.41) is 3.49. The van der Waals surface area contributed by atoms with Gasteiger partial charge in [-0.05, 0) is 30.7 Å². The molecule has 2 saturated heterocycles. The Labute approximate surface area is 209 Å². The molecule has 174 valence electrons. The molecule has 0 amide bonds. The van der Waals surface area contributed by atoms with Crippen LogP contribution in [0.3, 0.4) is 0 Å². The Hall–Kier alpha value is -2.00. The maximum absolute atomic E-state index is 6.15. The fourth-order valence-corrected chi connectivity index (χ4v) is 4.22. The minimum Gasteiger partial charge on any atom is -0.490 e. The van der Waals surface area contributed by atoms with Crippen molar-refractivity contribution in [3.63, 3.8) is 0 Å². The molecule has 6 nitrogen and oxygen atoms in total. The van der Waals surface area contributed by atoms with Gasteiger partial charge in [-0.2, -0.15) is 0 Å². The van der Waals surface area contributed by atoms with E-state index in [2.05, 4.69) is 46.3 Å². The van der Waals surface area contributed by atoms with Gasteiger partial charge in [0.2, 0.25) is 0 Å². The molecule has 2 aliphatic heterocycles. The molecule has 4 rings (SSSR count). The summed E-state index contributed by atoms with van der Waals surface area (Å²) in [6.07, 6.45) is 2.27. The number of hydrogen-bond acceptors (Lipinski definition) is 4. The Balaban J connectivity index is 0.00000289. The van der Waals surface area contributed by atoms with Crippen LogP contribution in [-0.2, 0) is 11.3 Å². The molecule has 32 heavy (non-hydrogen) atoms. The van der Waals surface area contributed by atoms with E-state index in [4.69, 9.17) is 14.5 Å². The summed E-state index contributed by atoms with van der Waals surface area (Å²) in [5.41, 5.74) is 2.54. The number of ether oxygens (including phenoxy) is 2. The van der Waals surface area contributed by atoms with E-state index in [1.165, 1.54) is 11.3 Å². The van der Waals surface area contributed by atoms with Gasteiger partial charge in [-0.15, -0.1) is 24.0 Å². The van der Waals surface area contributed by atoms with Crippen molar-refractivity contribution in [2.45, 2.75) is 32.4 Å². The zero-order chi connectivity index (χ0) is 21.3. The number of morpholine rings is 1. The first kappa shape index (κ1) is 24.6. The Bertz CT molecular complexity index is 835. The van der Waals surface area contributed by atoms with E-state index in [1.807, 2.05) is 30.3 Å². The average Bonchev–Trinajstić information content (AvgIpc) is 2.84. The van der Waals surface area contributed by atoms with Crippen molar-refractivity contribution in [2.24, 2.45) is 4.99 Å². The number of nitrogens with zero attached hydrogens (tertiary/aromatic N) is 3. The molecular weight excluding hydrogens is 515 g/mol. The molecule has 0 spiro atoms. The summed E-state index contributed by atoms with van der Waals surface area (Å²) < 4.78 is 11.7. The largest absolute Gasteiger partial charge is 0.490 e. The summed E-state index contributed by atoms with van der Waals surface area (Å²) in [6, 6.07) is 18.7. The van der Waals surface area contributed by atoms with E-state index in [0.29, 0.717) is 6.54 Å². The van der Waals surface area contributed by atoms with Crippen molar-refractivity contribution in [1.82, 2.24) is 10.2 Å². The number of benzene rings is 2. The zero-order valence-electron chi connectivity index (χ0n) is 18.9. The molecular formula is C25H35IN4O2. The second-order valence-electron chi connectivity index (χ2n) is 8.02. The zero-order valence-corrected chi connectivity index (χ0v) is 21.2. The van der Waals surface area contributed by atoms with Gasteiger partial charge in [0, 0.05) is 51.3 Å². The van der Waals surface area contributed by atoms with Crippen LogP contribution in [0.5, 0.6) is 5.75 Å². The standard InChI is InChI=1S/C25H34N4O2.HI/c1-2-26-25(29-14-12-23(13-15-29)31-22-9-4-3-5-10-22)27-20-21-8-6-7-11-24(21)28-16-18-30-19-17-28;/h3-11,23H,2,12-20H2,1H3,(H,26,27);1H. The number of likely N-dealkylation sites (tertiary alicyclic amines) is 1. The van der Waals surface area contributed by atoms with E-state index >= 15 is 0 Å². The van der Waals surface area contributed by atoms with Crippen LogP contribution in [0, 0.1) is 0 Å². The minimum absolute atomic E-state index is 0. The van der Waals surface area contributed by atoms with Crippen LogP contribution in [0.4, 0.5) is 5.69 Å². The SMILES string of the molecule is CCNC(=NCc1ccccc1N1CCOCC1)N1CCC(Oc2ccccc2)CC1.I. The molecule has 2 aromatic rings. The lowest BCUT2D eigenvalue weighted by Crippen LogP contribution is -2.47. The third-order valence-electron chi connectivity index (χ3n) is 5.86. The van der Waals surface area contributed by atoms with E-state index in [9.17, 15) is 0 Å². The van der Waals surface area contributed by atoms with Crippen LogP contribution >= 0.6 is 24.0 Å². The van der Waals surface area contributed by atoms with Gasteiger partial charge in [0.05, 0.1) is 19.8 Å². The van der Waals surface area contributed by atoms with Crippen molar-refractivity contribution in [1.29, 1.82) is 0 Å². The number of guanidine groups is 1. The molecule has 2 fully saturated rings. The van der Waals surface area contributed by atoms with Gasteiger partial charge in [-0.3, -0.25) is 0 Å². The predicted molar refractivity (Wildman–Crippen MR) is 141 cm³/mol. The number of rotatable bonds is 6. The third-order valence-corrected chi connectivity index (χ3v) is 5.86. The Kier molecular flexibility index (Phi) is 9.92. The van der Waals surface area contributed by atoms with Crippen LogP contribution in [0.1, 0.15) is 25.3 Å². The van der Waals surface area contributed by atoms with Gasteiger partial charge in [-0.1, -0.05) is 36.4 Å². The number of halogens is 1. The Morgan fingerprint density at radius 2 is 1.69 bits per heavy atom. The van der Waals surface area contributed by atoms with E-state index < -0.39 is 0 Å². The third kappa shape index (κ3) is 6.75. The number of anilines is 1. The number of nitrogens with one attached hydrogen (secondary N) is 1. The molecule has 0 bridgehead atoms. The summed E-state index contributed by atoms with van der Waals surface area (Å²) in [7, 11) is 0. The second kappa shape index (κ2) is 12.9. The van der Waals surface area contributed by atoms with Crippen LogP contribution in [0.2, 0.25) is 0 Å². The monoisotopic (exact) mass is 550 g/mol. The van der Waals surface area contributed by atoms with E-state index in [1.54, 1.807) is 0 Å². The van der Waals surface area contributed by atoms with E-state index in [-0.39, 0.29) is 30.1 Å². The van der Waals surface area contributed by atoms with Gasteiger partial charge in [-0.25, -0.2) is 4.99 Å². The second-order valence-corrected chi connectivity index (χ2v) is 8.02. The van der Waals surface area contributed by atoms with Gasteiger partial charge >= 0.3 is 0 Å². The first-order chi connectivity index (χ1) is 15.3. The molecule has 1 N–H and O–H groups in total. The molecule has 7 heteroatoms. The molecule has 2 aromatic carbocycles. The van der Waals surface area contributed by atoms with Crippen LogP contribution in [0.15, 0.2) is 59.6 Å². The average molecular weight is 550 g/mol. The topological polar surface area (TPSA) is 49.3 Å². The minimum atomic E-state index is 0. The highest BCUT2D eigenvalue weighted by Crippen LogP contribution is 2.23. The fraction of sp³-hybridized carbons (Fsp3) is 0.480. The first-order valence-corrected chi connectivity index (χ1v) is 11.5. The number of hydrogen-bond donors (Lipinski definition) is 1. The van der Waals surface area contributed by atoms with Crippen molar-refractivity contribution in [3.05, 3.63) is 60.2 Å². The number of aliphatic imine (C=N–C) groups is 1. The van der Waals surface area contributed by atoms with Crippen LogP contribution in [-0.4, -0.2) is 62.9 Å². The lowest BCUT2D eigenvalue weighted by atomic mass is 10.1. The highest BCUT2D eigenvalue weighted by molar-refractivity contribution is 14.0. The summed E-state index contributed by atoms with van der Waals surface area (Å²) in [5.74, 6) is 1.96. The van der Waals surface area contributed by atoms with Gasteiger partial charge in [0.15, 0.2) is 5.96 Å². The predicted octanol–water partition coefficient (Wildman–Crippen LogP) is 4.15. The Morgan fingerprint density at radius 3 is 2.41 bits per heavy atom. The lowest BCUT2D eigenvalue weighted by molar-refractivity contribution is 0.122. The first-order valence-electron chi connectivity index (χ1n) is 11.5. The normalized spacial score (nSPS) is 17.6. The molecule has 0 saturated carbocycles. The summed E-state index contributed by atoms with van der Waals surface area (Å²) in [6.45, 7) is 9.04. The Morgan fingerprint density at radius 1 is 1.00 bits per heavy atom. The molecule has 0 aliphatic carbocycles. The highest BCUT2D eigenvalue weighted by Gasteiger charge is 2.23. The van der Waals surface area contributed by atoms with Crippen LogP contribution in [0.25, 0.3) is 0 Å². The molecule has 2 aliphatic rings. The molecule has 0 unspecified atom stereocenters. The number of piperidine rings is 1. The maximum atomic E-state index is 6.15. The van der Waals surface area contributed by atoms with E-state index in [0.717, 1.165) is 70.5 Å². The van der Waals surface area contributed by atoms with Gasteiger partial charge < -0.3 is 24.6 Å².